The van der Waals surface area contributed by atoms with Gasteiger partial charge in [0.05, 0.1) is 12.7 Å². The molecule has 86 valence electrons. The summed E-state index contributed by atoms with van der Waals surface area (Å²) in [4.78, 5) is 22.3. The van der Waals surface area contributed by atoms with Crippen molar-refractivity contribution >= 4 is 11.8 Å². The minimum atomic E-state index is -0.473. The maximum atomic E-state index is 11.7. The molecule has 0 heterocycles. The number of ketones is 1. The Kier molecular flexibility index (Phi) is 4.05. The lowest BCUT2D eigenvalue weighted by atomic mass is 10.1. The van der Waals surface area contributed by atoms with Crippen LogP contribution < -0.4 is 4.74 Å². The molecule has 4 heteroatoms. The van der Waals surface area contributed by atoms with E-state index in [0.717, 1.165) is 5.56 Å². The van der Waals surface area contributed by atoms with E-state index in [-0.39, 0.29) is 12.4 Å². The van der Waals surface area contributed by atoms with E-state index < -0.39 is 5.97 Å². The van der Waals surface area contributed by atoms with Crippen molar-refractivity contribution in [1.29, 1.82) is 0 Å². The molecular weight excluding hydrogens is 208 g/mol. The van der Waals surface area contributed by atoms with Crippen LogP contribution in [0.5, 0.6) is 5.75 Å². The van der Waals surface area contributed by atoms with E-state index in [0.29, 0.717) is 11.3 Å². The summed E-state index contributed by atoms with van der Waals surface area (Å²) in [6.45, 7) is 2.91. The molecular formula is C12H14O4. The van der Waals surface area contributed by atoms with E-state index >= 15 is 0 Å². The zero-order valence-corrected chi connectivity index (χ0v) is 9.57. The monoisotopic (exact) mass is 222 g/mol. The molecule has 1 rings (SSSR count). The first-order valence-electron chi connectivity index (χ1n) is 4.86. The van der Waals surface area contributed by atoms with Gasteiger partial charge in [-0.25, -0.2) is 0 Å². The molecule has 0 aromatic heterocycles. The van der Waals surface area contributed by atoms with Crippen molar-refractivity contribution in [3.05, 3.63) is 29.3 Å². The molecule has 0 radical (unpaired) electrons. The van der Waals surface area contributed by atoms with Crippen molar-refractivity contribution in [2.24, 2.45) is 0 Å². The molecule has 4 nitrogen and oxygen atoms in total. The molecule has 0 spiro atoms. The normalized spacial score (nSPS) is 9.69. The van der Waals surface area contributed by atoms with Gasteiger partial charge in [0.25, 0.3) is 0 Å². The van der Waals surface area contributed by atoms with Crippen LogP contribution in [0.25, 0.3) is 0 Å². The number of aryl methyl sites for hydroxylation is 1. The van der Waals surface area contributed by atoms with Crippen LogP contribution in [0.1, 0.15) is 22.8 Å². The lowest BCUT2D eigenvalue weighted by Gasteiger charge is -2.08. The predicted octanol–water partition coefficient (Wildman–Crippen LogP) is 1.75. The van der Waals surface area contributed by atoms with E-state index in [4.69, 9.17) is 4.74 Å². The molecule has 0 saturated carbocycles. The van der Waals surface area contributed by atoms with Gasteiger partial charge in [-0.05, 0) is 24.6 Å². The molecule has 0 bridgehead atoms. The summed E-state index contributed by atoms with van der Waals surface area (Å²) in [7, 11) is 1.50. The van der Waals surface area contributed by atoms with E-state index in [2.05, 4.69) is 4.74 Å². The van der Waals surface area contributed by atoms with Crippen molar-refractivity contribution < 1.29 is 19.1 Å². The van der Waals surface area contributed by atoms with Gasteiger partial charge in [-0.15, -0.1) is 0 Å². The van der Waals surface area contributed by atoms with Crippen LogP contribution >= 0.6 is 0 Å². The standard InChI is InChI=1S/C12H14O4/c1-8-4-5-10(12(6-8)15-3)11(14)7-16-9(2)13/h4-6H,7H2,1-3H3. The van der Waals surface area contributed by atoms with E-state index in [1.807, 2.05) is 13.0 Å². The number of esters is 1. The highest BCUT2D eigenvalue weighted by Gasteiger charge is 2.13. The summed E-state index contributed by atoms with van der Waals surface area (Å²) in [5.41, 5.74) is 1.43. The maximum absolute atomic E-state index is 11.7. The zero-order chi connectivity index (χ0) is 12.1. The van der Waals surface area contributed by atoms with Crippen LogP contribution in [0.3, 0.4) is 0 Å². The average molecular weight is 222 g/mol. The molecule has 0 amide bonds. The average Bonchev–Trinajstić information content (AvgIpc) is 2.25. The zero-order valence-electron chi connectivity index (χ0n) is 9.57. The van der Waals surface area contributed by atoms with Gasteiger partial charge in [0, 0.05) is 6.92 Å². The van der Waals surface area contributed by atoms with Gasteiger partial charge in [0.2, 0.25) is 5.78 Å². The smallest absolute Gasteiger partial charge is 0.303 e. The van der Waals surface area contributed by atoms with Crippen LogP contribution in [0.4, 0.5) is 0 Å². The second-order valence-electron chi connectivity index (χ2n) is 3.41. The molecule has 0 saturated heterocycles. The van der Waals surface area contributed by atoms with Gasteiger partial charge in [-0.1, -0.05) is 6.07 Å². The quantitative estimate of drug-likeness (QED) is 0.575. The van der Waals surface area contributed by atoms with Crippen LogP contribution in [0.15, 0.2) is 18.2 Å². The number of rotatable bonds is 4. The first-order valence-corrected chi connectivity index (χ1v) is 4.86. The SMILES string of the molecule is COc1cc(C)ccc1C(=O)COC(C)=O. The first-order chi connectivity index (χ1) is 7.54. The highest BCUT2D eigenvalue weighted by Crippen LogP contribution is 2.20. The molecule has 1 aromatic rings. The fourth-order valence-corrected chi connectivity index (χ4v) is 1.27. The molecule has 0 aliphatic heterocycles. The summed E-state index contributed by atoms with van der Waals surface area (Å²) >= 11 is 0. The molecule has 0 fully saturated rings. The minimum absolute atomic E-state index is 0.255. The van der Waals surface area contributed by atoms with Gasteiger partial charge in [-0.3, -0.25) is 9.59 Å². The van der Waals surface area contributed by atoms with Crippen molar-refractivity contribution in [1.82, 2.24) is 0 Å². The topological polar surface area (TPSA) is 52.6 Å². The van der Waals surface area contributed by atoms with E-state index in [1.54, 1.807) is 12.1 Å². The Bertz CT molecular complexity index is 409. The Labute approximate surface area is 94.2 Å². The number of carbonyl (C=O) groups is 2. The van der Waals surface area contributed by atoms with Crippen LogP contribution in [0, 0.1) is 6.92 Å². The van der Waals surface area contributed by atoms with Crippen LogP contribution in [-0.2, 0) is 9.53 Å². The highest BCUT2D eigenvalue weighted by molar-refractivity contribution is 6.00. The van der Waals surface area contributed by atoms with Crippen LogP contribution in [-0.4, -0.2) is 25.5 Å². The Morgan fingerprint density at radius 1 is 1.31 bits per heavy atom. The molecule has 0 aliphatic carbocycles. The summed E-state index contributed by atoms with van der Waals surface area (Å²) in [6.07, 6.45) is 0. The molecule has 1 aromatic carbocycles. The third-order valence-corrected chi connectivity index (χ3v) is 2.06. The number of Topliss-reactive ketones (excluding diaryl/α,β-unsaturated/α-hetero) is 1. The summed E-state index contributed by atoms with van der Waals surface area (Å²) in [5, 5.41) is 0. The Hall–Kier alpha value is -1.84. The lowest BCUT2D eigenvalue weighted by molar-refractivity contribution is -0.139. The molecule has 0 aliphatic rings. The second-order valence-corrected chi connectivity index (χ2v) is 3.41. The Morgan fingerprint density at radius 2 is 2.00 bits per heavy atom. The fourth-order valence-electron chi connectivity index (χ4n) is 1.27. The Morgan fingerprint density at radius 3 is 2.56 bits per heavy atom. The number of methoxy groups -OCH3 is 1. The largest absolute Gasteiger partial charge is 0.496 e. The molecule has 0 unspecified atom stereocenters. The van der Waals surface area contributed by atoms with Crippen molar-refractivity contribution in [2.45, 2.75) is 13.8 Å². The van der Waals surface area contributed by atoms with Crippen molar-refractivity contribution in [3.63, 3.8) is 0 Å². The first kappa shape index (κ1) is 12.2. The second kappa shape index (κ2) is 5.30. The number of carbonyl (C=O) groups excluding carboxylic acids is 2. The number of benzene rings is 1. The number of ether oxygens (including phenoxy) is 2. The van der Waals surface area contributed by atoms with Gasteiger partial charge < -0.3 is 9.47 Å². The van der Waals surface area contributed by atoms with Crippen LogP contribution in [0.2, 0.25) is 0 Å². The van der Waals surface area contributed by atoms with Gasteiger partial charge in [-0.2, -0.15) is 0 Å². The maximum Gasteiger partial charge on any atom is 0.303 e. The summed E-state index contributed by atoms with van der Waals surface area (Å²) in [6, 6.07) is 5.24. The number of hydrogen-bond acceptors (Lipinski definition) is 4. The van der Waals surface area contributed by atoms with Gasteiger partial charge >= 0.3 is 5.97 Å². The van der Waals surface area contributed by atoms with Gasteiger partial charge in [0.1, 0.15) is 5.75 Å². The van der Waals surface area contributed by atoms with Crippen molar-refractivity contribution in [3.8, 4) is 5.75 Å². The molecule has 16 heavy (non-hydrogen) atoms. The molecule has 0 N–H and O–H groups in total. The number of hydrogen-bond donors (Lipinski definition) is 0. The Balaban J connectivity index is 2.86. The van der Waals surface area contributed by atoms with Gasteiger partial charge in [0.15, 0.2) is 6.61 Å². The van der Waals surface area contributed by atoms with E-state index in [9.17, 15) is 9.59 Å². The summed E-state index contributed by atoms with van der Waals surface area (Å²) < 4.78 is 9.74. The van der Waals surface area contributed by atoms with E-state index in [1.165, 1.54) is 14.0 Å². The predicted molar refractivity (Wildman–Crippen MR) is 58.7 cm³/mol. The summed E-state index contributed by atoms with van der Waals surface area (Å²) in [5.74, 6) is -0.247. The molecule has 0 atom stereocenters. The highest BCUT2D eigenvalue weighted by atomic mass is 16.5. The third-order valence-electron chi connectivity index (χ3n) is 2.06. The third kappa shape index (κ3) is 3.08. The minimum Gasteiger partial charge on any atom is -0.496 e. The fraction of sp³-hybridized carbons (Fsp3) is 0.333. The van der Waals surface area contributed by atoms with Crippen molar-refractivity contribution in [2.75, 3.05) is 13.7 Å². The lowest BCUT2D eigenvalue weighted by Crippen LogP contribution is -2.12.